The van der Waals surface area contributed by atoms with Crippen molar-refractivity contribution in [1.29, 1.82) is 0 Å². The molecule has 110 valence electrons. The van der Waals surface area contributed by atoms with Crippen LogP contribution < -0.4 is 0 Å². The number of aryl methyl sites for hydroxylation is 1. The number of ether oxygens (including phenoxy) is 1. The Bertz CT molecular complexity index is 515. The Balaban J connectivity index is 2.19. The van der Waals surface area contributed by atoms with Gasteiger partial charge in [0.1, 0.15) is 6.04 Å². The number of rotatable bonds is 4. The average Bonchev–Trinajstić information content (AvgIpc) is 3.04. The quantitative estimate of drug-likeness (QED) is 0.847. The summed E-state index contributed by atoms with van der Waals surface area (Å²) in [7, 11) is 0. The second kappa shape index (κ2) is 6.39. The van der Waals surface area contributed by atoms with Crippen molar-refractivity contribution in [2.24, 2.45) is 0 Å². The number of esters is 1. The molecule has 0 unspecified atom stereocenters. The highest BCUT2D eigenvalue weighted by atomic mass is 79.9. The van der Waals surface area contributed by atoms with E-state index in [4.69, 9.17) is 4.74 Å². The van der Waals surface area contributed by atoms with Crippen LogP contribution in [0.3, 0.4) is 0 Å². The lowest BCUT2D eigenvalue weighted by Crippen LogP contribution is -2.41. The fourth-order valence-electron chi connectivity index (χ4n) is 2.37. The third-order valence-electron chi connectivity index (χ3n) is 3.40. The summed E-state index contributed by atoms with van der Waals surface area (Å²) >= 11 is 3.39. The summed E-state index contributed by atoms with van der Waals surface area (Å²) in [5, 5.41) is 6.89. The fourth-order valence-corrected chi connectivity index (χ4v) is 3.00. The van der Waals surface area contributed by atoms with Crippen molar-refractivity contribution >= 4 is 27.8 Å². The Morgan fingerprint density at radius 3 is 2.85 bits per heavy atom. The standard InChI is InChI=1S/C13H18BrN3O3/c1-3-8-10(14)11(16-15-8)12(18)17-7-5-6-9(17)13(19)20-4-2/h9H,3-7H2,1-2H3,(H,15,16)/t9-/m1/s1. The second-order valence-electron chi connectivity index (χ2n) is 4.63. The van der Waals surface area contributed by atoms with Gasteiger partial charge in [0.25, 0.3) is 5.91 Å². The first-order valence-electron chi connectivity index (χ1n) is 6.80. The molecule has 0 saturated carbocycles. The zero-order valence-electron chi connectivity index (χ0n) is 11.6. The minimum atomic E-state index is -0.490. The molecule has 7 heteroatoms. The number of amides is 1. The summed E-state index contributed by atoms with van der Waals surface area (Å²) in [5.41, 5.74) is 1.21. The molecule has 0 aliphatic carbocycles. The van der Waals surface area contributed by atoms with E-state index in [1.165, 1.54) is 0 Å². The lowest BCUT2D eigenvalue weighted by molar-refractivity contribution is -0.147. The number of hydrogen-bond donors (Lipinski definition) is 1. The van der Waals surface area contributed by atoms with Gasteiger partial charge < -0.3 is 9.64 Å². The third-order valence-corrected chi connectivity index (χ3v) is 4.26. The average molecular weight is 344 g/mol. The van der Waals surface area contributed by atoms with E-state index in [1.807, 2.05) is 6.92 Å². The van der Waals surface area contributed by atoms with Gasteiger partial charge in [-0.1, -0.05) is 6.92 Å². The van der Waals surface area contributed by atoms with Crippen LogP contribution in [-0.2, 0) is 16.0 Å². The number of likely N-dealkylation sites (tertiary alicyclic amines) is 1. The van der Waals surface area contributed by atoms with E-state index in [0.29, 0.717) is 29.7 Å². The first kappa shape index (κ1) is 15.0. The molecule has 1 N–H and O–H groups in total. The number of aromatic amines is 1. The lowest BCUT2D eigenvalue weighted by atomic mass is 10.2. The summed E-state index contributed by atoms with van der Waals surface area (Å²) in [6, 6.07) is -0.490. The predicted molar refractivity (Wildman–Crippen MR) is 76.4 cm³/mol. The molecular formula is C13H18BrN3O3. The van der Waals surface area contributed by atoms with Crippen LogP contribution in [0, 0.1) is 0 Å². The van der Waals surface area contributed by atoms with Gasteiger partial charge in [-0.25, -0.2) is 4.79 Å². The Morgan fingerprint density at radius 2 is 2.25 bits per heavy atom. The lowest BCUT2D eigenvalue weighted by Gasteiger charge is -2.22. The van der Waals surface area contributed by atoms with Gasteiger partial charge in [-0.15, -0.1) is 0 Å². The Morgan fingerprint density at radius 1 is 1.50 bits per heavy atom. The SMILES string of the molecule is CCOC(=O)[C@H]1CCCN1C(=O)c1n[nH]c(CC)c1Br. The number of aromatic nitrogens is 2. The number of hydrogen-bond acceptors (Lipinski definition) is 4. The topological polar surface area (TPSA) is 75.3 Å². The van der Waals surface area contributed by atoms with Gasteiger partial charge in [0, 0.05) is 12.2 Å². The van der Waals surface area contributed by atoms with Crippen LogP contribution in [0.5, 0.6) is 0 Å². The summed E-state index contributed by atoms with van der Waals surface area (Å²) in [6.45, 7) is 4.62. The van der Waals surface area contributed by atoms with E-state index in [2.05, 4.69) is 26.1 Å². The van der Waals surface area contributed by atoms with Crippen LogP contribution in [0.1, 0.15) is 42.9 Å². The van der Waals surface area contributed by atoms with Crippen LogP contribution in [0.4, 0.5) is 0 Å². The molecule has 1 aromatic heterocycles. The van der Waals surface area contributed by atoms with Crippen molar-refractivity contribution in [2.75, 3.05) is 13.2 Å². The number of halogens is 1. The maximum absolute atomic E-state index is 12.5. The zero-order valence-corrected chi connectivity index (χ0v) is 13.2. The van der Waals surface area contributed by atoms with E-state index in [1.54, 1.807) is 11.8 Å². The summed E-state index contributed by atoms with van der Waals surface area (Å²) in [5.74, 6) is -0.566. The van der Waals surface area contributed by atoms with E-state index >= 15 is 0 Å². The van der Waals surface area contributed by atoms with Crippen LogP contribution in [0.25, 0.3) is 0 Å². The van der Waals surface area contributed by atoms with Crippen molar-refractivity contribution in [2.45, 2.75) is 39.2 Å². The normalized spacial score (nSPS) is 18.4. The molecule has 0 radical (unpaired) electrons. The Hall–Kier alpha value is -1.37. The molecule has 1 amide bonds. The van der Waals surface area contributed by atoms with Crippen molar-refractivity contribution < 1.29 is 14.3 Å². The zero-order chi connectivity index (χ0) is 14.7. The monoisotopic (exact) mass is 343 g/mol. The van der Waals surface area contributed by atoms with Crippen LogP contribution in [-0.4, -0.2) is 46.2 Å². The summed E-state index contributed by atoms with van der Waals surface area (Å²) in [4.78, 5) is 26.0. The van der Waals surface area contributed by atoms with E-state index in [9.17, 15) is 9.59 Å². The number of H-pyrrole nitrogens is 1. The molecule has 1 aliphatic rings. The van der Waals surface area contributed by atoms with Gasteiger partial charge in [-0.2, -0.15) is 5.10 Å². The van der Waals surface area contributed by atoms with Crippen LogP contribution in [0.15, 0.2) is 4.47 Å². The van der Waals surface area contributed by atoms with E-state index < -0.39 is 6.04 Å². The molecule has 0 aromatic carbocycles. The van der Waals surface area contributed by atoms with Gasteiger partial charge >= 0.3 is 5.97 Å². The molecule has 20 heavy (non-hydrogen) atoms. The minimum absolute atomic E-state index is 0.233. The fraction of sp³-hybridized carbons (Fsp3) is 0.615. The molecule has 6 nitrogen and oxygen atoms in total. The predicted octanol–water partition coefficient (Wildman–Crippen LogP) is 1.90. The van der Waals surface area contributed by atoms with Crippen LogP contribution >= 0.6 is 15.9 Å². The van der Waals surface area contributed by atoms with E-state index in [-0.39, 0.29) is 11.9 Å². The highest BCUT2D eigenvalue weighted by Crippen LogP contribution is 2.25. The van der Waals surface area contributed by atoms with E-state index in [0.717, 1.165) is 18.5 Å². The third kappa shape index (κ3) is 2.72. The van der Waals surface area contributed by atoms with Gasteiger partial charge in [0.15, 0.2) is 5.69 Å². The highest BCUT2D eigenvalue weighted by Gasteiger charge is 2.37. The molecule has 1 atom stereocenters. The Labute approximate surface area is 126 Å². The molecule has 2 heterocycles. The maximum Gasteiger partial charge on any atom is 0.328 e. The number of nitrogens with one attached hydrogen (secondary N) is 1. The van der Waals surface area contributed by atoms with Gasteiger partial charge in [0.05, 0.1) is 11.1 Å². The maximum atomic E-state index is 12.5. The van der Waals surface area contributed by atoms with Crippen molar-refractivity contribution in [3.8, 4) is 0 Å². The van der Waals surface area contributed by atoms with Crippen molar-refractivity contribution in [3.05, 3.63) is 15.9 Å². The molecule has 1 aliphatic heterocycles. The molecule has 0 bridgehead atoms. The number of carbonyl (C=O) groups excluding carboxylic acids is 2. The van der Waals surface area contributed by atoms with Gasteiger partial charge in [-0.05, 0) is 42.1 Å². The molecule has 1 saturated heterocycles. The molecule has 1 aromatic rings. The van der Waals surface area contributed by atoms with Crippen molar-refractivity contribution in [1.82, 2.24) is 15.1 Å². The van der Waals surface area contributed by atoms with Gasteiger partial charge in [0.2, 0.25) is 0 Å². The Kier molecular flexibility index (Phi) is 4.80. The first-order valence-corrected chi connectivity index (χ1v) is 7.59. The molecule has 1 fully saturated rings. The number of nitrogens with zero attached hydrogens (tertiary/aromatic N) is 2. The van der Waals surface area contributed by atoms with Gasteiger partial charge in [-0.3, -0.25) is 9.89 Å². The molecular weight excluding hydrogens is 326 g/mol. The summed E-state index contributed by atoms with van der Waals surface area (Å²) in [6.07, 6.45) is 2.20. The molecule has 0 spiro atoms. The minimum Gasteiger partial charge on any atom is -0.464 e. The smallest absolute Gasteiger partial charge is 0.328 e. The second-order valence-corrected chi connectivity index (χ2v) is 5.42. The summed E-state index contributed by atoms with van der Waals surface area (Å²) < 4.78 is 5.71. The van der Waals surface area contributed by atoms with Crippen molar-refractivity contribution in [3.63, 3.8) is 0 Å². The number of carbonyl (C=O) groups is 2. The van der Waals surface area contributed by atoms with Crippen LogP contribution in [0.2, 0.25) is 0 Å². The first-order chi connectivity index (χ1) is 9.60. The highest BCUT2D eigenvalue weighted by molar-refractivity contribution is 9.10. The molecule has 2 rings (SSSR count). The largest absolute Gasteiger partial charge is 0.464 e.